The van der Waals surface area contributed by atoms with Gasteiger partial charge in [-0.3, -0.25) is 0 Å². The van der Waals surface area contributed by atoms with E-state index >= 15 is 0 Å². The van der Waals surface area contributed by atoms with Crippen molar-refractivity contribution in [2.24, 2.45) is 0 Å². The zero-order chi connectivity index (χ0) is 16.4. The monoisotopic (exact) mass is 340 g/mol. The molecule has 0 saturated heterocycles. The molecule has 2 aromatic rings. The van der Waals surface area contributed by atoms with Crippen molar-refractivity contribution < 1.29 is 13.9 Å². The lowest BCUT2D eigenvalue weighted by atomic mass is 10.0. The number of esters is 1. The molecule has 0 spiro atoms. The number of hydrogen-bond acceptors (Lipinski definition) is 4. The van der Waals surface area contributed by atoms with Crippen molar-refractivity contribution in [1.82, 2.24) is 4.98 Å². The second-order valence-corrected chi connectivity index (χ2v) is 5.06. The number of benzene rings is 1. The minimum Gasteiger partial charge on any atom is -0.464 e. The quantitative estimate of drug-likeness (QED) is 0.850. The van der Waals surface area contributed by atoms with Crippen molar-refractivity contribution in [3.05, 3.63) is 51.9 Å². The molecule has 0 saturated carbocycles. The Morgan fingerprint density at radius 3 is 2.73 bits per heavy atom. The lowest BCUT2D eigenvalue weighted by Crippen LogP contribution is -2.08. The SMILES string of the molecule is C=Cc1c(-c2cc(N)c(Cl)c(C(=O)OC)n2)ccc(Cl)c1F. The lowest BCUT2D eigenvalue weighted by Gasteiger charge is -2.11. The third-order valence-corrected chi connectivity index (χ3v) is 3.67. The number of rotatable bonds is 3. The number of ether oxygens (including phenoxy) is 1. The Labute approximate surface area is 136 Å². The van der Waals surface area contributed by atoms with Crippen LogP contribution < -0.4 is 5.73 Å². The molecule has 0 fully saturated rings. The Morgan fingerprint density at radius 2 is 2.14 bits per heavy atom. The topological polar surface area (TPSA) is 65.2 Å². The van der Waals surface area contributed by atoms with Crippen LogP contribution in [0.4, 0.5) is 10.1 Å². The third-order valence-electron chi connectivity index (χ3n) is 2.98. The van der Waals surface area contributed by atoms with Crippen LogP contribution in [0.15, 0.2) is 24.8 Å². The van der Waals surface area contributed by atoms with E-state index in [2.05, 4.69) is 16.3 Å². The average molecular weight is 341 g/mol. The molecular formula is C15H11Cl2FN2O2. The van der Waals surface area contributed by atoms with Gasteiger partial charge in [0.1, 0.15) is 5.82 Å². The number of carbonyl (C=O) groups is 1. The van der Waals surface area contributed by atoms with E-state index in [1.807, 2.05) is 0 Å². The van der Waals surface area contributed by atoms with E-state index in [9.17, 15) is 9.18 Å². The summed E-state index contributed by atoms with van der Waals surface area (Å²) in [5.74, 6) is -1.38. The van der Waals surface area contributed by atoms with Gasteiger partial charge in [0.2, 0.25) is 0 Å². The summed E-state index contributed by atoms with van der Waals surface area (Å²) in [5, 5.41) is -0.0704. The molecule has 1 heterocycles. The number of nitrogens with two attached hydrogens (primary N) is 1. The molecule has 0 aliphatic carbocycles. The normalized spacial score (nSPS) is 10.4. The fraction of sp³-hybridized carbons (Fsp3) is 0.0667. The Bertz CT molecular complexity index is 779. The predicted molar refractivity (Wildman–Crippen MR) is 85.5 cm³/mol. The number of anilines is 1. The van der Waals surface area contributed by atoms with Gasteiger partial charge < -0.3 is 10.5 Å². The van der Waals surface area contributed by atoms with Crippen LogP contribution in [0.2, 0.25) is 10.0 Å². The molecule has 2 N–H and O–H groups in total. The molecule has 0 aliphatic heterocycles. The Hall–Kier alpha value is -2.11. The van der Waals surface area contributed by atoms with Crippen LogP contribution in [-0.4, -0.2) is 18.1 Å². The number of nitrogens with zero attached hydrogens (tertiary/aromatic N) is 1. The summed E-state index contributed by atoms with van der Waals surface area (Å²) in [6, 6.07) is 4.37. The molecule has 114 valence electrons. The smallest absolute Gasteiger partial charge is 0.358 e. The number of hydrogen-bond donors (Lipinski definition) is 1. The summed E-state index contributed by atoms with van der Waals surface area (Å²) in [7, 11) is 1.19. The van der Waals surface area contributed by atoms with Gasteiger partial charge in [-0.2, -0.15) is 0 Å². The average Bonchev–Trinajstić information content (AvgIpc) is 2.51. The largest absolute Gasteiger partial charge is 0.464 e. The minimum absolute atomic E-state index is 0.0230. The van der Waals surface area contributed by atoms with Crippen LogP contribution in [0.5, 0.6) is 0 Å². The fourth-order valence-corrected chi connectivity index (χ4v) is 2.25. The van der Waals surface area contributed by atoms with E-state index in [0.717, 1.165) is 0 Å². The van der Waals surface area contributed by atoms with Gasteiger partial charge in [-0.25, -0.2) is 14.2 Å². The molecule has 7 heteroatoms. The molecule has 0 radical (unpaired) electrons. The van der Waals surface area contributed by atoms with Gasteiger partial charge in [-0.05, 0) is 12.1 Å². The molecule has 0 atom stereocenters. The molecule has 4 nitrogen and oxygen atoms in total. The van der Waals surface area contributed by atoms with Crippen molar-refractivity contribution in [2.45, 2.75) is 0 Å². The number of aromatic nitrogens is 1. The first-order valence-electron chi connectivity index (χ1n) is 6.05. The van der Waals surface area contributed by atoms with Crippen molar-refractivity contribution >= 4 is 40.9 Å². The van der Waals surface area contributed by atoms with E-state index in [1.165, 1.54) is 25.3 Å². The highest BCUT2D eigenvalue weighted by molar-refractivity contribution is 6.35. The highest BCUT2D eigenvalue weighted by atomic mass is 35.5. The van der Waals surface area contributed by atoms with E-state index in [-0.39, 0.29) is 32.7 Å². The standard InChI is InChI=1S/C15H11Cl2FN2O2/c1-3-7-8(4-5-9(16)13(7)18)11-6-10(19)12(17)14(20-11)15(21)22-2/h3-6H,1H2,2H3,(H2,19,20). The van der Waals surface area contributed by atoms with Gasteiger partial charge in [0.15, 0.2) is 5.69 Å². The zero-order valence-corrected chi connectivity index (χ0v) is 13.0. The number of carbonyl (C=O) groups excluding carboxylic acids is 1. The maximum atomic E-state index is 14.1. The minimum atomic E-state index is -0.742. The van der Waals surface area contributed by atoms with Gasteiger partial charge >= 0.3 is 5.97 Å². The number of methoxy groups -OCH3 is 1. The van der Waals surface area contributed by atoms with Crippen molar-refractivity contribution in [1.29, 1.82) is 0 Å². The van der Waals surface area contributed by atoms with Crippen LogP contribution >= 0.6 is 23.2 Å². The maximum absolute atomic E-state index is 14.1. The molecule has 0 unspecified atom stereocenters. The Balaban J connectivity index is 2.74. The first kappa shape index (κ1) is 16.3. The van der Waals surface area contributed by atoms with E-state index < -0.39 is 11.8 Å². The molecule has 0 aliphatic rings. The summed E-state index contributed by atoms with van der Waals surface area (Å²) in [6.45, 7) is 3.56. The molecule has 1 aromatic heterocycles. The van der Waals surface area contributed by atoms with Crippen LogP contribution in [0, 0.1) is 5.82 Å². The van der Waals surface area contributed by atoms with Gasteiger partial charge in [0.25, 0.3) is 0 Å². The third kappa shape index (κ3) is 2.77. The van der Waals surface area contributed by atoms with E-state index in [4.69, 9.17) is 28.9 Å². The zero-order valence-electron chi connectivity index (χ0n) is 11.5. The predicted octanol–water partition coefficient (Wildman–Crippen LogP) is 4.21. The van der Waals surface area contributed by atoms with Gasteiger partial charge in [-0.15, -0.1) is 0 Å². The van der Waals surface area contributed by atoms with Gasteiger partial charge in [-0.1, -0.05) is 41.9 Å². The second-order valence-electron chi connectivity index (χ2n) is 4.28. The molecular weight excluding hydrogens is 330 g/mol. The summed E-state index contributed by atoms with van der Waals surface area (Å²) in [6.07, 6.45) is 1.31. The van der Waals surface area contributed by atoms with Gasteiger partial charge in [0, 0.05) is 11.1 Å². The van der Waals surface area contributed by atoms with Crippen LogP contribution in [-0.2, 0) is 4.74 Å². The molecule has 1 aromatic carbocycles. The molecule has 2 rings (SSSR count). The molecule has 22 heavy (non-hydrogen) atoms. The highest BCUT2D eigenvalue weighted by Crippen LogP contribution is 2.33. The molecule has 0 amide bonds. The summed E-state index contributed by atoms with van der Waals surface area (Å²) in [5.41, 5.74) is 6.55. The summed E-state index contributed by atoms with van der Waals surface area (Å²) < 4.78 is 18.7. The summed E-state index contributed by atoms with van der Waals surface area (Å²) in [4.78, 5) is 15.8. The van der Waals surface area contributed by atoms with Crippen molar-refractivity contribution in [3.63, 3.8) is 0 Å². The number of pyridine rings is 1. The maximum Gasteiger partial charge on any atom is 0.358 e. The summed E-state index contributed by atoms with van der Waals surface area (Å²) >= 11 is 11.7. The van der Waals surface area contributed by atoms with Crippen LogP contribution in [0.25, 0.3) is 17.3 Å². The Kier molecular flexibility index (Phi) is 4.68. The second kappa shape index (κ2) is 6.34. The van der Waals surface area contributed by atoms with Gasteiger partial charge in [0.05, 0.1) is 28.5 Å². The highest BCUT2D eigenvalue weighted by Gasteiger charge is 2.19. The van der Waals surface area contributed by atoms with Crippen LogP contribution in [0.3, 0.4) is 0 Å². The molecule has 0 bridgehead atoms. The van der Waals surface area contributed by atoms with E-state index in [1.54, 1.807) is 6.07 Å². The first-order valence-corrected chi connectivity index (χ1v) is 6.81. The number of nitrogen functional groups attached to an aromatic ring is 1. The first-order chi connectivity index (χ1) is 10.4. The van der Waals surface area contributed by atoms with E-state index in [0.29, 0.717) is 5.56 Å². The number of halogens is 3. The lowest BCUT2D eigenvalue weighted by molar-refractivity contribution is 0.0594. The van der Waals surface area contributed by atoms with Crippen molar-refractivity contribution in [3.8, 4) is 11.3 Å². The Morgan fingerprint density at radius 1 is 1.45 bits per heavy atom. The fourth-order valence-electron chi connectivity index (χ4n) is 1.91. The van der Waals surface area contributed by atoms with Crippen LogP contribution in [0.1, 0.15) is 16.1 Å². The van der Waals surface area contributed by atoms with Crippen molar-refractivity contribution in [2.75, 3.05) is 12.8 Å².